The number of rotatable bonds is 4. The quantitative estimate of drug-likeness (QED) is 0.917. The number of benzene rings is 1. The zero-order valence-electron chi connectivity index (χ0n) is 13.2. The Kier molecular flexibility index (Phi) is 4.53. The van der Waals surface area contributed by atoms with Crippen LogP contribution in [0.3, 0.4) is 0 Å². The van der Waals surface area contributed by atoms with E-state index in [4.69, 9.17) is 4.74 Å². The van der Waals surface area contributed by atoms with E-state index in [0.29, 0.717) is 24.2 Å². The van der Waals surface area contributed by atoms with Crippen molar-refractivity contribution in [2.45, 2.75) is 24.3 Å². The van der Waals surface area contributed by atoms with Crippen LogP contribution >= 0.6 is 0 Å². The Morgan fingerprint density at radius 2 is 2.08 bits per heavy atom. The number of sulfone groups is 1. The number of fused-ring (bicyclic) bond motifs is 1. The van der Waals surface area contributed by atoms with E-state index >= 15 is 0 Å². The van der Waals surface area contributed by atoms with E-state index in [-0.39, 0.29) is 28.5 Å². The average molecular weight is 346 g/mol. The highest BCUT2D eigenvalue weighted by molar-refractivity contribution is 7.91. The number of amides is 1. The van der Waals surface area contributed by atoms with Crippen molar-refractivity contribution in [3.05, 3.63) is 53.7 Å². The van der Waals surface area contributed by atoms with Crippen LogP contribution in [0, 0.1) is 0 Å². The molecule has 3 rings (SSSR count). The van der Waals surface area contributed by atoms with Gasteiger partial charge in [0.1, 0.15) is 5.56 Å². The van der Waals surface area contributed by atoms with Gasteiger partial charge in [-0.05, 0) is 37.1 Å². The van der Waals surface area contributed by atoms with Crippen LogP contribution in [0.5, 0.6) is 5.88 Å². The maximum absolute atomic E-state index is 12.6. The molecule has 2 aromatic rings. The van der Waals surface area contributed by atoms with E-state index in [9.17, 15) is 13.2 Å². The maximum Gasteiger partial charge on any atom is 0.257 e. The van der Waals surface area contributed by atoms with E-state index in [0.717, 1.165) is 0 Å². The molecule has 0 saturated heterocycles. The van der Waals surface area contributed by atoms with Crippen molar-refractivity contribution in [3.8, 4) is 5.88 Å². The molecule has 1 N–H and O–H groups in total. The van der Waals surface area contributed by atoms with E-state index in [1.54, 1.807) is 42.6 Å². The van der Waals surface area contributed by atoms with E-state index < -0.39 is 9.84 Å². The zero-order chi connectivity index (χ0) is 17.2. The Morgan fingerprint density at radius 1 is 1.29 bits per heavy atom. The van der Waals surface area contributed by atoms with Gasteiger partial charge >= 0.3 is 0 Å². The highest BCUT2D eigenvalue weighted by Gasteiger charge is 2.31. The van der Waals surface area contributed by atoms with Gasteiger partial charge in [-0.2, -0.15) is 0 Å². The number of hydrogen-bond donors (Lipinski definition) is 1. The van der Waals surface area contributed by atoms with Crippen LogP contribution < -0.4 is 10.1 Å². The van der Waals surface area contributed by atoms with Gasteiger partial charge in [0.05, 0.1) is 23.3 Å². The molecule has 6 nitrogen and oxygen atoms in total. The predicted octanol–water partition coefficient (Wildman–Crippen LogP) is 2.13. The minimum absolute atomic E-state index is 0.0142. The normalized spacial score (nSPS) is 18.5. The second-order valence-electron chi connectivity index (χ2n) is 5.46. The lowest BCUT2D eigenvalue weighted by Crippen LogP contribution is -2.34. The van der Waals surface area contributed by atoms with Crippen LogP contribution in [0.1, 0.15) is 35.3 Å². The summed E-state index contributed by atoms with van der Waals surface area (Å²) in [6.45, 7) is 2.22. The molecule has 0 spiro atoms. The number of nitrogens with zero attached hydrogens (tertiary/aromatic N) is 1. The van der Waals surface area contributed by atoms with E-state index in [1.807, 2.05) is 6.92 Å². The molecular weight excluding hydrogens is 328 g/mol. The highest BCUT2D eigenvalue weighted by atomic mass is 32.2. The van der Waals surface area contributed by atoms with Crippen molar-refractivity contribution in [3.63, 3.8) is 0 Å². The molecule has 1 amide bonds. The standard InChI is InChI=1S/C17H18N2O4S/c1-2-23-17-13(7-5-10-18-17)16(20)19-14-9-11-24(21,22)15-8-4-3-6-12(14)15/h3-8,10,14H,2,9,11H2,1H3,(H,19,20). The largest absolute Gasteiger partial charge is 0.477 e. The fraction of sp³-hybridized carbons (Fsp3) is 0.294. The Bertz CT molecular complexity index is 864. The van der Waals surface area contributed by atoms with E-state index in [1.165, 1.54) is 0 Å². The third kappa shape index (κ3) is 3.12. The van der Waals surface area contributed by atoms with Crippen molar-refractivity contribution in [2.75, 3.05) is 12.4 Å². The van der Waals surface area contributed by atoms with Gasteiger partial charge in [-0.1, -0.05) is 18.2 Å². The van der Waals surface area contributed by atoms with Gasteiger partial charge in [0.15, 0.2) is 9.84 Å². The first-order valence-electron chi connectivity index (χ1n) is 7.73. The van der Waals surface area contributed by atoms with Crippen molar-refractivity contribution < 1.29 is 17.9 Å². The van der Waals surface area contributed by atoms with Crippen LogP contribution in [0.4, 0.5) is 0 Å². The summed E-state index contributed by atoms with van der Waals surface area (Å²) in [7, 11) is -3.28. The average Bonchev–Trinajstić information content (AvgIpc) is 2.58. The first-order chi connectivity index (χ1) is 11.5. The topological polar surface area (TPSA) is 85.4 Å². The molecule has 0 fully saturated rings. The molecule has 1 aromatic carbocycles. The SMILES string of the molecule is CCOc1ncccc1C(=O)NC1CCS(=O)(=O)c2ccccc21. The molecule has 1 atom stereocenters. The minimum Gasteiger partial charge on any atom is -0.477 e. The van der Waals surface area contributed by atoms with E-state index in [2.05, 4.69) is 10.3 Å². The Hall–Kier alpha value is -2.41. The maximum atomic E-state index is 12.6. The summed E-state index contributed by atoms with van der Waals surface area (Å²) in [5.74, 6) is -0.0415. The van der Waals surface area contributed by atoms with Gasteiger partial charge in [0.25, 0.3) is 5.91 Å². The Labute approximate surface area is 140 Å². The van der Waals surface area contributed by atoms with Crippen LogP contribution in [0.25, 0.3) is 0 Å². The first kappa shape index (κ1) is 16.4. The van der Waals surface area contributed by atoms with Crippen molar-refractivity contribution in [1.29, 1.82) is 0 Å². The molecule has 1 aromatic heterocycles. The molecule has 0 radical (unpaired) electrons. The third-order valence-electron chi connectivity index (χ3n) is 3.91. The van der Waals surface area contributed by atoms with Gasteiger partial charge in [0, 0.05) is 6.20 Å². The van der Waals surface area contributed by atoms with Crippen molar-refractivity contribution in [2.24, 2.45) is 0 Å². The molecule has 0 bridgehead atoms. The molecule has 24 heavy (non-hydrogen) atoms. The van der Waals surface area contributed by atoms with Crippen LogP contribution in [0.2, 0.25) is 0 Å². The minimum atomic E-state index is -3.28. The van der Waals surface area contributed by atoms with Gasteiger partial charge in [-0.15, -0.1) is 0 Å². The molecule has 126 valence electrons. The van der Waals surface area contributed by atoms with Gasteiger partial charge in [-0.3, -0.25) is 4.79 Å². The molecule has 0 saturated carbocycles. The van der Waals surface area contributed by atoms with Crippen molar-refractivity contribution in [1.82, 2.24) is 10.3 Å². The summed E-state index contributed by atoms with van der Waals surface area (Å²) in [4.78, 5) is 17.0. The molecular formula is C17H18N2O4S. The number of carbonyl (C=O) groups excluding carboxylic acids is 1. The fourth-order valence-electron chi connectivity index (χ4n) is 2.79. The fourth-order valence-corrected chi connectivity index (χ4v) is 4.41. The van der Waals surface area contributed by atoms with Crippen molar-refractivity contribution >= 4 is 15.7 Å². The number of nitrogens with one attached hydrogen (secondary N) is 1. The lowest BCUT2D eigenvalue weighted by Gasteiger charge is -2.26. The first-order valence-corrected chi connectivity index (χ1v) is 9.38. The van der Waals surface area contributed by atoms with Crippen LogP contribution in [-0.4, -0.2) is 31.7 Å². The molecule has 7 heteroatoms. The lowest BCUT2D eigenvalue weighted by molar-refractivity contribution is 0.0930. The summed E-state index contributed by atoms with van der Waals surface area (Å²) in [6, 6.07) is 9.73. The Balaban J connectivity index is 1.89. The monoisotopic (exact) mass is 346 g/mol. The zero-order valence-corrected chi connectivity index (χ0v) is 14.0. The number of pyridine rings is 1. The van der Waals surface area contributed by atoms with Gasteiger partial charge in [-0.25, -0.2) is 13.4 Å². The summed E-state index contributed by atoms with van der Waals surface area (Å²) in [5.41, 5.74) is 0.962. The third-order valence-corrected chi connectivity index (χ3v) is 5.72. The number of aromatic nitrogens is 1. The number of ether oxygens (including phenoxy) is 1. The predicted molar refractivity (Wildman–Crippen MR) is 88.7 cm³/mol. The summed E-state index contributed by atoms with van der Waals surface area (Å²) >= 11 is 0. The molecule has 2 heterocycles. The molecule has 1 aliphatic rings. The second-order valence-corrected chi connectivity index (χ2v) is 7.54. The van der Waals surface area contributed by atoms with Crippen LogP contribution in [-0.2, 0) is 9.84 Å². The summed E-state index contributed by atoms with van der Waals surface area (Å²) < 4.78 is 29.7. The summed E-state index contributed by atoms with van der Waals surface area (Å²) in [5, 5.41) is 2.90. The van der Waals surface area contributed by atoms with Gasteiger partial charge < -0.3 is 10.1 Å². The smallest absolute Gasteiger partial charge is 0.257 e. The Morgan fingerprint density at radius 3 is 2.88 bits per heavy atom. The number of carbonyl (C=O) groups is 1. The highest BCUT2D eigenvalue weighted by Crippen LogP contribution is 2.32. The second kappa shape index (κ2) is 6.60. The lowest BCUT2D eigenvalue weighted by atomic mass is 10.0. The summed E-state index contributed by atoms with van der Waals surface area (Å²) in [6.07, 6.45) is 1.90. The van der Waals surface area contributed by atoms with Gasteiger partial charge in [0.2, 0.25) is 5.88 Å². The van der Waals surface area contributed by atoms with Crippen LogP contribution in [0.15, 0.2) is 47.5 Å². The molecule has 0 aliphatic carbocycles. The molecule has 1 aliphatic heterocycles. The molecule has 1 unspecified atom stereocenters. The number of hydrogen-bond acceptors (Lipinski definition) is 5.